The minimum Gasteiger partial charge on any atom is -0.389 e. The Morgan fingerprint density at radius 1 is 1.56 bits per heavy atom. The zero-order valence-electron chi connectivity index (χ0n) is 9.40. The molecule has 1 unspecified atom stereocenters. The van der Waals surface area contributed by atoms with Gasteiger partial charge in [-0.1, -0.05) is 18.5 Å². The summed E-state index contributed by atoms with van der Waals surface area (Å²) in [7, 11) is 1.54. The summed E-state index contributed by atoms with van der Waals surface area (Å²) in [4.78, 5) is 7.99. The number of rotatable bonds is 6. The van der Waals surface area contributed by atoms with Crippen molar-refractivity contribution < 1.29 is 9.84 Å². The highest BCUT2D eigenvalue weighted by molar-refractivity contribution is 6.30. The molecule has 5 nitrogen and oxygen atoms in total. The average Bonchev–Trinajstić information content (AvgIpc) is 2.27. The highest BCUT2D eigenvalue weighted by Gasteiger charge is 2.09. The van der Waals surface area contributed by atoms with Crippen molar-refractivity contribution in [1.29, 1.82) is 0 Å². The molecule has 0 saturated heterocycles. The minimum atomic E-state index is -0.566. The fraction of sp³-hybridized carbons (Fsp3) is 0.600. The van der Waals surface area contributed by atoms with Crippen LogP contribution in [0.25, 0.3) is 0 Å². The summed E-state index contributed by atoms with van der Waals surface area (Å²) < 4.78 is 4.82. The third-order valence-electron chi connectivity index (χ3n) is 2.11. The quantitative estimate of drug-likeness (QED) is 0.735. The predicted octanol–water partition coefficient (Wildman–Crippen LogP) is 1.11. The Labute approximate surface area is 99.8 Å². The zero-order valence-corrected chi connectivity index (χ0v) is 10.2. The Morgan fingerprint density at radius 3 is 2.94 bits per heavy atom. The molecule has 0 aliphatic heterocycles. The maximum absolute atomic E-state index is 9.48. The fourth-order valence-corrected chi connectivity index (χ4v) is 1.59. The van der Waals surface area contributed by atoms with Gasteiger partial charge in [-0.25, -0.2) is 9.97 Å². The van der Waals surface area contributed by atoms with Crippen LogP contribution in [0.5, 0.6) is 0 Å². The molecule has 0 bridgehead atoms. The number of aliphatic hydroxyl groups excluding tert-OH is 1. The molecule has 0 saturated carbocycles. The number of hydrogen-bond donors (Lipinski definition) is 2. The van der Waals surface area contributed by atoms with Gasteiger partial charge in [0.1, 0.15) is 17.3 Å². The summed E-state index contributed by atoms with van der Waals surface area (Å²) in [5.41, 5.74) is 0.855. The standard InChI is InChI=1S/C10H16ClN3O2/c1-3-8-9(11)13-6-14-10(8)12-4-7(15)5-16-2/h6-7,15H,3-5H2,1-2H3,(H,12,13,14). The summed E-state index contributed by atoms with van der Waals surface area (Å²) in [6, 6.07) is 0. The molecule has 16 heavy (non-hydrogen) atoms. The first kappa shape index (κ1) is 13.2. The number of hydrogen-bond acceptors (Lipinski definition) is 5. The van der Waals surface area contributed by atoms with E-state index in [1.165, 1.54) is 6.33 Å². The van der Waals surface area contributed by atoms with Gasteiger partial charge < -0.3 is 15.2 Å². The van der Waals surface area contributed by atoms with Gasteiger partial charge in [-0.15, -0.1) is 0 Å². The summed E-state index contributed by atoms with van der Waals surface area (Å²) in [5.74, 6) is 0.664. The maximum atomic E-state index is 9.48. The van der Waals surface area contributed by atoms with Gasteiger partial charge >= 0.3 is 0 Å². The number of aliphatic hydroxyl groups is 1. The molecule has 0 aliphatic rings. The molecular formula is C10H16ClN3O2. The molecule has 1 aromatic rings. The van der Waals surface area contributed by atoms with Gasteiger partial charge in [0.2, 0.25) is 0 Å². The van der Waals surface area contributed by atoms with Crippen molar-refractivity contribution in [3.8, 4) is 0 Å². The third kappa shape index (κ3) is 3.59. The molecule has 0 fully saturated rings. The van der Waals surface area contributed by atoms with Gasteiger partial charge in [-0.05, 0) is 6.42 Å². The van der Waals surface area contributed by atoms with E-state index < -0.39 is 6.10 Å². The van der Waals surface area contributed by atoms with E-state index in [4.69, 9.17) is 16.3 Å². The number of nitrogens with zero attached hydrogens (tertiary/aromatic N) is 2. The molecule has 90 valence electrons. The van der Waals surface area contributed by atoms with Crippen molar-refractivity contribution >= 4 is 17.4 Å². The highest BCUT2D eigenvalue weighted by Crippen LogP contribution is 2.19. The fourth-order valence-electron chi connectivity index (χ4n) is 1.32. The molecule has 0 aromatic carbocycles. The maximum Gasteiger partial charge on any atom is 0.137 e. The van der Waals surface area contributed by atoms with Crippen LogP contribution in [0.3, 0.4) is 0 Å². The second kappa shape index (κ2) is 6.62. The van der Waals surface area contributed by atoms with Crippen LogP contribution in [0.2, 0.25) is 5.15 Å². The van der Waals surface area contributed by atoms with Gasteiger partial charge in [0.15, 0.2) is 0 Å². The number of ether oxygens (including phenoxy) is 1. The van der Waals surface area contributed by atoms with Crippen LogP contribution in [0.4, 0.5) is 5.82 Å². The highest BCUT2D eigenvalue weighted by atomic mass is 35.5. The van der Waals surface area contributed by atoms with Crippen LogP contribution in [0.15, 0.2) is 6.33 Å². The van der Waals surface area contributed by atoms with Gasteiger partial charge in [-0.2, -0.15) is 0 Å². The van der Waals surface area contributed by atoms with Crippen LogP contribution in [-0.2, 0) is 11.2 Å². The molecule has 1 rings (SSSR count). The summed E-state index contributed by atoms with van der Waals surface area (Å²) in [6.45, 7) is 2.63. The average molecular weight is 246 g/mol. The van der Waals surface area contributed by atoms with Crippen molar-refractivity contribution in [3.05, 3.63) is 17.0 Å². The monoisotopic (exact) mass is 245 g/mol. The molecule has 0 radical (unpaired) electrons. The SMILES string of the molecule is CCc1c(Cl)ncnc1NCC(O)COC. The van der Waals surface area contributed by atoms with Crippen LogP contribution >= 0.6 is 11.6 Å². The number of methoxy groups -OCH3 is 1. The van der Waals surface area contributed by atoms with Gasteiger partial charge in [0.05, 0.1) is 12.7 Å². The topological polar surface area (TPSA) is 67.3 Å². The molecule has 1 atom stereocenters. The largest absolute Gasteiger partial charge is 0.389 e. The Balaban J connectivity index is 2.63. The first-order chi connectivity index (χ1) is 7.69. The first-order valence-electron chi connectivity index (χ1n) is 5.09. The molecule has 1 aromatic heterocycles. The predicted molar refractivity (Wildman–Crippen MR) is 62.8 cm³/mol. The second-order valence-corrected chi connectivity index (χ2v) is 3.69. The summed E-state index contributed by atoms with van der Waals surface area (Å²) in [5, 5.41) is 12.9. The van der Waals surface area contributed by atoms with Crippen molar-refractivity contribution in [2.75, 3.05) is 25.6 Å². The second-order valence-electron chi connectivity index (χ2n) is 3.34. The summed E-state index contributed by atoms with van der Waals surface area (Å²) in [6.07, 6.45) is 1.57. The zero-order chi connectivity index (χ0) is 12.0. The molecule has 0 spiro atoms. The lowest BCUT2D eigenvalue weighted by atomic mass is 10.2. The van der Waals surface area contributed by atoms with Crippen LogP contribution in [-0.4, -0.2) is 41.4 Å². The van der Waals surface area contributed by atoms with Crippen molar-refractivity contribution in [3.63, 3.8) is 0 Å². The molecule has 0 amide bonds. The third-order valence-corrected chi connectivity index (χ3v) is 2.44. The van der Waals surface area contributed by atoms with E-state index in [1.54, 1.807) is 7.11 Å². The molecular weight excluding hydrogens is 230 g/mol. The lowest BCUT2D eigenvalue weighted by Crippen LogP contribution is -2.25. The normalized spacial score (nSPS) is 12.5. The smallest absolute Gasteiger partial charge is 0.137 e. The van der Waals surface area contributed by atoms with Crippen LogP contribution in [0.1, 0.15) is 12.5 Å². The summed E-state index contributed by atoms with van der Waals surface area (Å²) >= 11 is 5.93. The molecule has 6 heteroatoms. The first-order valence-corrected chi connectivity index (χ1v) is 5.47. The van der Waals surface area contributed by atoms with E-state index in [1.807, 2.05) is 6.92 Å². The number of aromatic nitrogens is 2. The van der Waals surface area contributed by atoms with E-state index in [2.05, 4.69) is 15.3 Å². The van der Waals surface area contributed by atoms with Gasteiger partial charge in [0.25, 0.3) is 0 Å². The lowest BCUT2D eigenvalue weighted by Gasteiger charge is -2.13. The number of anilines is 1. The van der Waals surface area contributed by atoms with Crippen molar-refractivity contribution in [1.82, 2.24) is 9.97 Å². The lowest BCUT2D eigenvalue weighted by molar-refractivity contribution is 0.0727. The van der Waals surface area contributed by atoms with Gasteiger partial charge in [0, 0.05) is 19.2 Å². The van der Waals surface area contributed by atoms with Gasteiger partial charge in [-0.3, -0.25) is 0 Å². The molecule has 2 N–H and O–H groups in total. The Hall–Kier alpha value is -0.910. The van der Waals surface area contributed by atoms with E-state index in [0.29, 0.717) is 17.5 Å². The van der Waals surface area contributed by atoms with Crippen LogP contribution in [0, 0.1) is 0 Å². The Kier molecular flexibility index (Phi) is 5.45. The Bertz CT molecular complexity index is 336. The van der Waals surface area contributed by atoms with E-state index in [-0.39, 0.29) is 6.61 Å². The van der Waals surface area contributed by atoms with Crippen LogP contribution < -0.4 is 5.32 Å². The van der Waals surface area contributed by atoms with E-state index >= 15 is 0 Å². The number of halogens is 1. The Morgan fingerprint density at radius 2 is 2.31 bits per heavy atom. The molecule has 0 aliphatic carbocycles. The van der Waals surface area contributed by atoms with Crippen molar-refractivity contribution in [2.45, 2.75) is 19.4 Å². The number of nitrogens with one attached hydrogen (secondary N) is 1. The molecule has 1 heterocycles. The van der Waals surface area contributed by atoms with E-state index in [9.17, 15) is 5.11 Å². The van der Waals surface area contributed by atoms with Crippen molar-refractivity contribution in [2.24, 2.45) is 0 Å². The minimum absolute atomic E-state index is 0.285. The van der Waals surface area contributed by atoms with E-state index in [0.717, 1.165) is 12.0 Å².